The first-order valence-electron chi connectivity index (χ1n) is 5.26. The second-order valence-electron chi connectivity index (χ2n) is 3.70. The van der Waals surface area contributed by atoms with Crippen LogP contribution in [-0.4, -0.2) is 32.9 Å². The molecule has 5 nitrogen and oxygen atoms in total. The lowest BCUT2D eigenvalue weighted by atomic mass is 10.3. The second kappa shape index (κ2) is 7.04. The minimum absolute atomic E-state index is 0.397. The van der Waals surface area contributed by atoms with Crippen LogP contribution in [0.25, 0.3) is 0 Å². The van der Waals surface area contributed by atoms with Crippen LogP contribution in [0.5, 0.6) is 0 Å². The maximum atomic E-state index is 12.0. The highest BCUT2D eigenvalue weighted by Crippen LogP contribution is 2.25. The molecule has 0 saturated heterocycles. The van der Waals surface area contributed by atoms with Gasteiger partial charge in [0.25, 0.3) is 0 Å². The van der Waals surface area contributed by atoms with Crippen molar-refractivity contribution in [3.63, 3.8) is 0 Å². The number of hydrogen-bond acceptors (Lipinski definition) is 3. The Morgan fingerprint density at radius 3 is 2.72 bits per heavy atom. The van der Waals surface area contributed by atoms with Crippen molar-refractivity contribution < 1.29 is 8.42 Å². The highest BCUT2D eigenvalue weighted by Gasteiger charge is 2.17. The molecule has 0 aliphatic rings. The smallest absolute Gasteiger partial charge is 0.301 e. The summed E-state index contributed by atoms with van der Waals surface area (Å²) in [6, 6.07) is 5.40. The van der Waals surface area contributed by atoms with E-state index in [0.717, 1.165) is 3.57 Å². The first kappa shape index (κ1) is 16.2. The molecule has 8 heteroatoms. The fraction of sp³-hybridized carbons (Fsp3) is 0.400. The Bertz CT molecular complexity index is 510. The Hall–Kier alpha value is 0.1000. The largest absolute Gasteiger partial charge is 0.330 e. The standard InChI is InChI=1S/C10H15BrIN3O2S/c1-15(6-2-5-13)18(16,17)14-10-4-3-8(12)7-9(10)11/h3-4,7,14H,2,5-6,13H2,1H3. The minimum atomic E-state index is -3.53. The normalized spacial score (nSPS) is 11.8. The van der Waals surface area contributed by atoms with Crippen molar-refractivity contribution >= 4 is 54.4 Å². The summed E-state index contributed by atoms with van der Waals surface area (Å²) in [7, 11) is -2.00. The monoisotopic (exact) mass is 447 g/mol. The van der Waals surface area contributed by atoms with Gasteiger partial charge in [-0.2, -0.15) is 12.7 Å². The molecule has 0 bridgehead atoms. The summed E-state index contributed by atoms with van der Waals surface area (Å²) in [5.41, 5.74) is 5.89. The molecule has 0 aliphatic carbocycles. The summed E-state index contributed by atoms with van der Waals surface area (Å²) in [6.07, 6.45) is 0.630. The third-order valence-corrected chi connectivity index (χ3v) is 5.07. The van der Waals surface area contributed by atoms with Gasteiger partial charge in [0.05, 0.1) is 5.69 Å². The number of benzene rings is 1. The van der Waals surface area contributed by atoms with E-state index in [1.165, 1.54) is 11.4 Å². The summed E-state index contributed by atoms with van der Waals surface area (Å²) in [5, 5.41) is 0. The highest BCUT2D eigenvalue weighted by atomic mass is 127. The molecule has 1 rings (SSSR count). The predicted molar refractivity (Wildman–Crippen MR) is 85.7 cm³/mol. The first-order valence-corrected chi connectivity index (χ1v) is 8.57. The van der Waals surface area contributed by atoms with Crippen LogP contribution in [0, 0.1) is 3.57 Å². The lowest BCUT2D eigenvalue weighted by molar-refractivity contribution is 0.468. The molecule has 0 amide bonds. The van der Waals surface area contributed by atoms with Gasteiger partial charge >= 0.3 is 10.2 Å². The van der Waals surface area contributed by atoms with Crippen LogP contribution in [-0.2, 0) is 10.2 Å². The van der Waals surface area contributed by atoms with E-state index in [9.17, 15) is 8.42 Å². The van der Waals surface area contributed by atoms with Crippen LogP contribution in [0.2, 0.25) is 0 Å². The van der Waals surface area contributed by atoms with E-state index in [-0.39, 0.29) is 0 Å². The molecule has 0 aromatic heterocycles. The SMILES string of the molecule is CN(CCCN)S(=O)(=O)Nc1ccc(I)cc1Br. The molecular weight excluding hydrogens is 433 g/mol. The third kappa shape index (κ3) is 4.65. The first-order chi connectivity index (χ1) is 8.36. The van der Waals surface area contributed by atoms with Gasteiger partial charge in [-0.3, -0.25) is 4.72 Å². The van der Waals surface area contributed by atoms with Gasteiger partial charge in [0.1, 0.15) is 0 Å². The molecule has 0 heterocycles. The molecule has 0 aliphatic heterocycles. The second-order valence-corrected chi connectivity index (χ2v) is 7.57. The zero-order valence-electron chi connectivity index (χ0n) is 9.86. The highest BCUT2D eigenvalue weighted by molar-refractivity contribution is 14.1. The molecule has 0 fully saturated rings. The van der Waals surface area contributed by atoms with Crippen molar-refractivity contribution in [1.29, 1.82) is 0 Å². The summed E-state index contributed by atoms with van der Waals surface area (Å²) in [5.74, 6) is 0. The van der Waals surface area contributed by atoms with Crippen LogP contribution >= 0.6 is 38.5 Å². The van der Waals surface area contributed by atoms with E-state index in [0.29, 0.717) is 29.7 Å². The third-order valence-electron chi connectivity index (χ3n) is 2.26. The van der Waals surface area contributed by atoms with Crippen molar-refractivity contribution in [1.82, 2.24) is 4.31 Å². The van der Waals surface area contributed by atoms with Crippen LogP contribution in [0.3, 0.4) is 0 Å². The van der Waals surface area contributed by atoms with E-state index in [4.69, 9.17) is 5.73 Å². The van der Waals surface area contributed by atoms with E-state index in [1.54, 1.807) is 6.07 Å². The topological polar surface area (TPSA) is 75.4 Å². The van der Waals surface area contributed by atoms with Crippen molar-refractivity contribution in [2.45, 2.75) is 6.42 Å². The zero-order chi connectivity index (χ0) is 13.8. The average molecular weight is 448 g/mol. The van der Waals surface area contributed by atoms with Gasteiger partial charge in [0, 0.05) is 21.6 Å². The number of anilines is 1. The van der Waals surface area contributed by atoms with E-state index < -0.39 is 10.2 Å². The molecular formula is C10H15BrIN3O2S. The van der Waals surface area contributed by atoms with Crippen molar-refractivity contribution in [3.8, 4) is 0 Å². The van der Waals surface area contributed by atoms with Gasteiger partial charge in [-0.05, 0) is 69.7 Å². The molecule has 1 aromatic carbocycles. The van der Waals surface area contributed by atoms with Gasteiger partial charge in [-0.25, -0.2) is 0 Å². The summed E-state index contributed by atoms with van der Waals surface area (Å²) in [4.78, 5) is 0. The fourth-order valence-corrected chi connectivity index (χ4v) is 3.73. The molecule has 102 valence electrons. The molecule has 3 N–H and O–H groups in total. The summed E-state index contributed by atoms with van der Waals surface area (Å²) in [6.45, 7) is 0.862. The van der Waals surface area contributed by atoms with Gasteiger partial charge in [0.15, 0.2) is 0 Å². The molecule has 18 heavy (non-hydrogen) atoms. The van der Waals surface area contributed by atoms with Gasteiger partial charge in [-0.15, -0.1) is 0 Å². The summed E-state index contributed by atoms with van der Waals surface area (Å²) >= 11 is 5.49. The number of rotatable bonds is 6. The minimum Gasteiger partial charge on any atom is -0.330 e. The Labute approximate surface area is 130 Å². The quantitative estimate of drug-likeness (QED) is 0.655. The van der Waals surface area contributed by atoms with E-state index >= 15 is 0 Å². The van der Waals surface area contributed by atoms with Crippen molar-refractivity contribution in [2.75, 3.05) is 24.9 Å². The average Bonchev–Trinajstić information content (AvgIpc) is 2.29. The predicted octanol–water partition coefficient (Wildman–Crippen LogP) is 1.99. The van der Waals surface area contributed by atoms with Crippen LogP contribution in [0.4, 0.5) is 5.69 Å². The summed E-state index contributed by atoms with van der Waals surface area (Å²) < 4.78 is 29.5. The number of nitrogens with two attached hydrogens (primary N) is 1. The van der Waals surface area contributed by atoms with Crippen LogP contribution < -0.4 is 10.5 Å². The lowest BCUT2D eigenvalue weighted by Crippen LogP contribution is -2.34. The molecule has 1 aromatic rings. The van der Waals surface area contributed by atoms with Crippen molar-refractivity contribution in [3.05, 3.63) is 26.2 Å². The lowest BCUT2D eigenvalue weighted by Gasteiger charge is -2.18. The Balaban J connectivity index is 2.82. The number of nitrogens with one attached hydrogen (secondary N) is 1. The van der Waals surface area contributed by atoms with Crippen LogP contribution in [0.15, 0.2) is 22.7 Å². The number of hydrogen-bond donors (Lipinski definition) is 2. The Kier molecular flexibility index (Phi) is 6.31. The maximum Gasteiger partial charge on any atom is 0.301 e. The molecule has 0 unspecified atom stereocenters. The fourth-order valence-electron chi connectivity index (χ4n) is 1.22. The van der Waals surface area contributed by atoms with Gasteiger partial charge in [0.2, 0.25) is 0 Å². The maximum absolute atomic E-state index is 12.0. The molecule has 0 atom stereocenters. The molecule has 0 radical (unpaired) electrons. The Morgan fingerprint density at radius 1 is 1.50 bits per heavy atom. The number of halogens is 2. The van der Waals surface area contributed by atoms with E-state index in [2.05, 4.69) is 43.2 Å². The molecule has 0 saturated carbocycles. The zero-order valence-corrected chi connectivity index (χ0v) is 14.4. The van der Waals surface area contributed by atoms with Crippen molar-refractivity contribution in [2.24, 2.45) is 5.73 Å². The van der Waals surface area contributed by atoms with Gasteiger partial charge in [-0.1, -0.05) is 0 Å². The van der Waals surface area contributed by atoms with E-state index in [1.807, 2.05) is 12.1 Å². The van der Waals surface area contributed by atoms with Crippen LogP contribution in [0.1, 0.15) is 6.42 Å². The Morgan fingerprint density at radius 2 is 2.17 bits per heavy atom. The number of nitrogens with zero attached hydrogens (tertiary/aromatic N) is 1. The molecule has 0 spiro atoms. The van der Waals surface area contributed by atoms with Gasteiger partial charge < -0.3 is 5.73 Å².